The Morgan fingerprint density at radius 2 is 2.04 bits per heavy atom. The zero-order valence-corrected chi connectivity index (χ0v) is 15.1. The highest BCUT2D eigenvalue weighted by Gasteiger charge is 2.62. The highest BCUT2D eigenvalue weighted by molar-refractivity contribution is 5.91. The quantitative estimate of drug-likeness (QED) is 0.678. The molecule has 0 N–H and O–H groups in total. The molecule has 2 nitrogen and oxygen atoms in total. The second-order valence-electron chi connectivity index (χ2n) is 8.74. The van der Waals surface area contributed by atoms with Crippen molar-refractivity contribution < 1.29 is 9.53 Å². The van der Waals surface area contributed by atoms with Crippen molar-refractivity contribution in [2.45, 2.75) is 63.9 Å². The molecule has 6 atom stereocenters. The molecule has 4 rings (SSSR count). The second kappa shape index (κ2) is 5.71. The number of rotatable bonds is 2. The highest BCUT2D eigenvalue weighted by atomic mass is 16.5. The summed E-state index contributed by atoms with van der Waals surface area (Å²) in [6, 6.07) is 0. The van der Waals surface area contributed by atoms with Gasteiger partial charge in [-0.25, -0.2) is 0 Å². The minimum atomic E-state index is -0.178. The molecule has 0 heterocycles. The van der Waals surface area contributed by atoms with Crippen molar-refractivity contribution in [3.05, 3.63) is 30.0 Å². The number of allylic oxidation sites excluding steroid dienone is 1. The molecule has 0 saturated heterocycles. The van der Waals surface area contributed by atoms with Gasteiger partial charge < -0.3 is 4.74 Å². The van der Waals surface area contributed by atoms with Gasteiger partial charge in [0, 0.05) is 18.9 Å². The van der Waals surface area contributed by atoms with Crippen LogP contribution < -0.4 is 0 Å². The summed E-state index contributed by atoms with van der Waals surface area (Å²) < 4.78 is 6.10. The first-order valence-corrected chi connectivity index (χ1v) is 9.70. The van der Waals surface area contributed by atoms with Crippen LogP contribution in [0.4, 0.5) is 0 Å². The van der Waals surface area contributed by atoms with Crippen molar-refractivity contribution in [3.8, 4) is 0 Å². The van der Waals surface area contributed by atoms with E-state index in [-0.39, 0.29) is 11.0 Å². The maximum Gasteiger partial charge on any atom is 0.155 e. The van der Waals surface area contributed by atoms with Crippen LogP contribution in [0.3, 0.4) is 0 Å². The molecule has 0 aromatic heterocycles. The van der Waals surface area contributed by atoms with Crippen LogP contribution in [0.2, 0.25) is 0 Å². The Kier molecular flexibility index (Phi) is 3.90. The summed E-state index contributed by atoms with van der Waals surface area (Å²) >= 11 is 0. The molecule has 0 aromatic rings. The maximum atomic E-state index is 11.8. The normalized spacial score (nSPS) is 47.1. The molecule has 4 aliphatic rings. The van der Waals surface area contributed by atoms with Crippen molar-refractivity contribution in [2.75, 3.05) is 7.11 Å². The molecule has 0 amide bonds. The average Bonchev–Trinajstić information content (AvgIpc) is 2.88. The summed E-state index contributed by atoms with van der Waals surface area (Å²) in [6.07, 6.45) is 13.2. The number of carbonyl (C=O) groups is 1. The van der Waals surface area contributed by atoms with Gasteiger partial charge >= 0.3 is 0 Å². The summed E-state index contributed by atoms with van der Waals surface area (Å²) in [6.45, 7) is 6.28. The summed E-state index contributed by atoms with van der Waals surface area (Å²) in [7, 11) is 1.86. The Labute approximate surface area is 146 Å². The molecule has 0 aromatic carbocycles. The highest BCUT2D eigenvalue weighted by Crippen LogP contribution is 2.65. The average molecular weight is 326 g/mol. The number of hydrogen-bond donors (Lipinski definition) is 0. The van der Waals surface area contributed by atoms with Crippen LogP contribution in [-0.2, 0) is 9.53 Å². The van der Waals surface area contributed by atoms with Gasteiger partial charge in [-0.05, 0) is 80.8 Å². The monoisotopic (exact) mass is 326 g/mol. The lowest BCUT2D eigenvalue weighted by Crippen LogP contribution is -2.52. The summed E-state index contributed by atoms with van der Waals surface area (Å²) in [5.74, 6) is 3.36. The molecule has 0 bridgehead atoms. The lowest BCUT2D eigenvalue weighted by Gasteiger charge is -2.55. The smallest absolute Gasteiger partial charge is 0.155 e. The summed E-state index contributed by atoms with van der Waals surface area (Å²) in [4.78, 5) is 11.8. The fourth-order valence-electron chi connectivity index (χ4n) is 7.01. The Balaban J connectivity index is 1.66. The van der Waals surface area contributed by atoms with Crippen molar-refractivity contribution in [1.82, 2.24) is 0 Å². The van der Waals surface area contributed by atoms with E-state index < -0.39 is 0 Å². The Morgan fingerprint density at radius 3 is 2.79 bits per heavy atom. The standard InChI is InChI=1S/C22H30O2/c1-4-11-22(24-3)13-10-20-19-7-5-15-14-16(23)6-8-17(15)18(19)9-12-21(20,22)2/h11,14,17-20H,1,5-10,12-13H2,2-3H3/t17-,18+,19+,20-,21-,22-/m0/s1. The van der Waals surface area contributed by atoms with E-state index in [0.29, 0.717) is 11.7 Å². The molecule has 0 aliphatic heterocycles. The van der Waals surface area contributed by atoms with E-state index in [0.717, 1.165) is 43.4 Å². The van der Waals surface area contributed by atoms with Gasteiger partial charge in [0.2, 0.25) is 0 Å². The van der Waals surface area contributed by atoms with E-state index in [2.05, 4.69) is 25.3 Å². The summed E-state index contributed by atoms with van der Waals surface area (Å²) in [5.41, 5.74) is 4.54. The van der Waals surface area contributed by atoms with Gasteiger partial charge in [-0.2, -0.15) is 0 Å². The first kappa shape index (κ1) is 16.4. The molecule has 0 spiro atoms. The molecule has 3 saturated carbocycles. The molecule has 24 heavy (non-hydrogen) atoms. The predicted molar refractivity (Wildman–Crippen MR) is 95.5 cm³/mol. The van der Waals surface area contributed by atoms with Gasteiger partial charge in [-0.1, -0.05) is 19.1 Å². The molecule has 2 heteroatoms. The number of ether oxygens (including phenoxy) is 1. The number of hydrogen-bond acceptors (Lipinski definition) is 2. The fraction of sp³-hybridized carbons (Fsp3) is 0.727. The predicted octanol–water partition coefficient (Wildman–Crippen LogP) is 4.85. The first-order chi connectivity index (χ1) is 11.5. The van der Waals surface area contributed by atoms with Gasteiger partial charge in [-0.15, -0.1) is 5.73 Å². The Bertz CT molecular complexity index is 626. The first-order valence-electron chi connectivity index (χ1n) is 9.70. The third kappa shape index (κ3) is 2.09. The SMILES string of the molecule is C=C=C[C@]1(OC)CC[C@H]2[C@@H]3CCC4=CC(=O)CC[C@@H]4[C@H]3CC[C@@]21C. The van der Waals surface area contributed by atoms with Crippen LogP contribution in [0, 0.1) is 29.1 Å². The van der Waals surface area contributed by atoms with Crippen LogP contribution in [0.15, 0.2) is 30.0 Å². The zero-order valence-electron chi connectivity index (χ0n) is 15.1. The third-order valence-corrected chi connectivity index (χ3v) is 8.18. The van der Waals surface area contributed by atoms with Gasteiger partial charge in [0.1, 0.15) is 0 Å². The van der Waals surface area contributed by atoms with E-state index in [1.807, 2.05) is 13.2 Å². The van der Waals surface area contributed by atoms with Gasteiger partial charge in [0.05, 0.1) is 5.60 Å². The van der Waals surface area contributed by atoms with E-state index in [4.69, 9.17) is 4.74 Å². The Morgan fingerprint density at radius 1 is 1.21 bits per heavy atom. The van der Waals surface area contributed by atoms with Crippen molar-refractivity contribution in [3.63, 3.8) is 0 Å². The van der Waals surface area contributed by atoms with Gasteiger partial charge in [-0.3, -0.25) is 4.79 Å². The van der Waals surface area contributed by atoms with Crippen molar-refractivity contribution in [1.29, 1.82) is 0 Å². The van der Waals surface area contributed by atoms with Gasteiger partial charge in [0.25, 0.3) is 0 Å². The van der Waals surface area contributed by atoms with Crippen molar-refractivity contribution >= 4 is 5.78 Å². The fourth-order valence-corrected chi connectivity index (χ4v) is 7.01. The van der Waals surface area contributed by atoms with Crippen LogP contribution in [0.5, 0.6) is 0 Å². The van der Waals surface area contributed by atoms with E-state index >= 15 is 0 Å². The second-order valence-corrected chi connectivity index (χ2v) is 8.74. The number of carbonyl (C=O) groups excluding carboxylic acids is 1. The molecule has 3 fully saturated rings. The van der Waals surface area contributed by atoms with Crippen molar-refractivity contribution in [2.24, 2.45) is 29.1 Å². The van der Waals surface area contributed by atoms with E-state index in [9.17, 15) is 4.79 Å². The molecular weight excluding hydrogens is 296 g/mol. The Hall–Kier alpha value is -1.11. The molecule has 4 aliphatic carbocycles. The van der Waals surface area contributed by atoms with E-state index in [1.165, 1.54) is 31.3 Å². The lowest BCUT2D eigenvalue weighted by molar-refractivity contribution is -0.118. The zero-order chi connectivity index (χ0) is 16.9. The molecule has 0 radical (unpaired) electrons. The number of fused-ring (bicyclic) bond motifs is 5. The van der Waals surface area contributed by atoms with Crippen LogP contribution in [-0.4, -0.2) is 18.5 Å². The lowest BCUT2D eigenvalue weighted by atomic mass is 9.50. The van der Waals surface area contributed by atoms with Gasteiger partial charge in [0.15, 0.2) is 5.78 Å². The molecule has 0 unspecified atom stereocenters. The minimum Gasteiger partial charge on any atom is -0.373 e. The van der Waals surface area contributed by atoms with Crippen LogP contribution in [0.1, 0.15) is 58.3 Å². The topological polar surface area (TPSA) is 26.3 Å². The molecular formula is C22H30O2. The van der Waals surface area contributed by atoms with Crippen LogP contribution in [0.25, 0.3) is 0 Å². The third-order valence-electron chi connectivity index (χ3n) is 8.18. The number of ketones is 1. The van der Waals surface area contributed by atoms with Crippen LogP contribution >= 0.6 is 0 Å². The largest absolute Gasteiger partial charge is 0.373 e. The minimum absolute atomic E-state index is 0.178. The molecule has 130 valence electrons. The summed E-state index contributed by atoms with van der Waals surface area (Å²) in [5, 5.41) is 0. The maximum absolute atomic E-state index is 11.8. The van der Waals surface area contributed by atoms with E-state index in [1.54, 1.807) is 0 Å². The number of methoxy groups -OCH3 is 1.